The molecule has 0 aliphatic carbocycles. The normalized spacial score (nSPS) is 10.6. The summed E-state index contributed by atoms with van der Waals surface area (Å²) in [6.07, 6.45) is 0. The summed E-state index contributed by atoms with van der Waals surface area (Å²) in [5.41, 5.74) is 6.18. The van der Waals surface area contributed by atoms with Crippen LogP contribution in [0.3, 0.4) is 0 Å². The van der Waals surface area contributed by atoms with E-state index in [1.165, 1.54) is 5.56 Å². The number of H-pyrrole nitrogens is 1. The van der Waals surface area contributed by atoms with Crippen molar-refractivity contribution in [2.24, 2.45) is 0 Å². The van der Waals surface area contributed by atoms with Gasteiger partial charge in [0.1, 0.15) is 11.4 Å². The van der Waals surface area contributed by atoms with Gasteiger partial charge in [0.2, 0.25) is 0 Å². The summed E-state index contributed by atoms with van der Waals surface area (Å²) in [5, 5.41) is 10.1. The molecule has 0 unspecified atom stereocenters. The van der Waals surface area contributed by atoms with E-state index in [9.17, 15) is 4.79 Å². The van der Waals surface area contributed by atoms with E-state index in [1.807, 2.05) is 52.0 Å². The molecule has 2 N–H and O–H groups in total. The van der Waals surface area contributed by atoms with Crippen LogP contribution >= 0.6 is 0 Å². The highest BCUT2D eigenvalue weighted by Gasteiger charge is 2.14. The van der Waals surface area contributed by atoms with E-state index in [1.54, 1.807) is 6.07 Å². The zero-order chi connectivity index (χ0) is 18.7. The first-order chi connectivity index (χ1) is 12.5. The predicted octanol–water partition coefficient (Wildman–Crippen LogP) is 4.65. The standard InChI is InChI=1S/C21H23N3O2/c1-5-26-17-8-6-16(7-9-17)18-12-19(24-23-18)21(25)22-20-14(3)10-13(2)11-15(20)4/h6-12H,5H2,1-4H3,(H,22,25)(H,23,24). The maximum absolute atomic E-state index is 12.6. The van der Waals surface area contributed by atoms with Crippen LogP contribution in [0.25, 0.3) is 11.3 Å². The number of ether oxygens (including phenoxy) is 1. The van der Waals surface area contributed by atoms with Gasteiger partial charge >= 0.3 is 0 Å². The lowest BCUT2D eigenvalue weighted by molar-refractivity contribution is 0.102. The Balaban J connectivity index is 1.78. The molecule has 0 spiro atoms. The number of rotatable bonds is 5. The number of aromatic amines is 1. The van der Waals surface area contributed by atoms with Gasteiger partial charge < -0.3 is 10.1 Å². The third kappa shape index (κ3) is 3.77. The number of nitrogens with one attached hydrogen (secondary N) is 2. The van der Waals surface area contributed by atoms with E-state index in [-0.39, 0.29) is 5.91 Å². The van der Waals surface area contributed by atoms with Crippen LogP contribution in [0.2, 0.25) is 0 Å². The third-order valence-electron chi connectivity index (χ3n) is 4.20. The average molecular weight is 349 g/mol. The molecule has 0 saturated carbocycles. The Morgan fingerprint density at radius 3 is 2.35 bits per heavy atom. The van der Waals surface area contributed by atoms with Gasteiger partial charge in [-0.3, -0.25) is 9.89 Å². The quantitative estimate of drug-likeness (QED) is 0.704. The van der Waals surface area contributed by atoms with E-state index in [0.29, 0.717) is 12.3 Å². The number of aromatic nitrogens is 2. The Morgan fingerprint density at radius 1 is 1.08 bits per heavy atom. The Bertz CT molecular complexity index is 904. The number of hydrogen-bond acceptors (Lipinski definition) is 3. The van der Waals surface area contributed by atoms with E-state index in [2.05, 4.69) is 27.6 Å². The van der Waals surface area contributed by atoms with Crippen molar-refractivity contribution in [3.8, 4) is 17.0 Å². The number of amides is 1. The van der Waals surface area contributed by atoms with Gasteiger partial charge in [0.05, 0.1) is 12.3 Å². The first kappa shape index (κ1) is 17.7. The zero-order valence-electron chi connectivity index (χ0n) is 15.5. The van der Waals surface area contributed by atoms with Crippen LogP contribution in [0.1, 0.15) is 34.1 Å². The molecule has 1 amide bonds. The summed E-state index contributed by atoms with van der Waals surface area (Å²) in [7, 11) is 0. The molecule has 26 heavy (non-hydrogen) atoms. The highest BCUT2D eigenvalue weighted by atomic mass is 16.5. The van der Waals surface area contributed by atoms with E-state index < -0.39 is 0 Å². The van der Waals surface area contributed by atoms with Gasteiger partial charge in [-0.25, -0.2) is 0 Å². The molecule has 0 fully saturated rings. The Labute approximate surface area is 153 Å². The molecule has 2 aromatic carbocycles. The maximum Gasteiger partial charge on any atom is 0.273 e. The van der Waals surface area contributed by atoms with Gasteiger partial charge in [-0.15, -0.1) is 0 Å². The highest BCUT2D eigenvalue weighted by molar-refractivity contribution is 6.04. The fourth-order valence-corrected chi connectivity index (χ4v) is 3.03. The first-order valence-electron chi connectivity index (χ1n) is 8.65. The molecular weight excluding hydrogens is 326 g/mol. The molecule has 5 heteroatoms. The van der Waals surface area contributed by atoms with Crippen molar-refractivity contribution in [2.45, 2.75) is 27.7 Å². The summed E-state index contributed by atoms with van der Waals surface area (Å²) >= 11 is 0. The van der Waals surface area contributed by atoms with Crippen LogP contribution in [-0.4, -0.2) is 22.7 Å². The molecule has 5 nitrogen and oxygen atoms in total. The minimum atomic E-state index is -0.204. The van der Waals surface area contributed by atoms with Crippen molar-refractivity contribution in [2.75, 3.05) is 11.9 Å². The van der Waals surface area contributed by atoms with Crippen molar-refractivity contribution in [3.05, 3.63) is 64.8 Å². The summed E-state index contributed by atoms with van der Waals surface area (Å²) in [5.74, 6) is 0.611. The van der Waals surface area contributed by atoms with Crippen LogP contribution < -0.4 is 10.1 Å². The van der Waals surface area contributed by atoms with Gasteiger partial charge in [0, 0.05) is 11.3 Å². The predicted molar refractivity (Wildman–Crippen MR) is 104 cm³/mol. The second-order valence-electron chi connectivity index (χ2n) is 6.35. The summed E-state index contributed by atoms with van der Waals surface area (Å²) in [6.45, 7) is 8.61. The van der Waals surface area contributed by atoms with Crippen molar-refractivity contribution in [3.63, 3.8) is 0 Å². The van der Waals surface area contributed by atoms with Crippen LogP contribution in [0.4, 0.5) is 5.69 Å². The maximum atomic E-state index is 12.6. The number of anilines is 1. The largest absolute Gasteiger partial charge is 0.494 e. The number of nitrogens with zero attached hydrogens (tertiary/aromatic N) is 1. The summed E-state index contributed by atoms with van der Waals surface area (Å²) in [6, 6.07) is 13.5. The van der Waals surface area contributed by atoms with Crippen LogP contribution in [-0.2, 0) is 0 Å². The SMILES string of the molecule is CCOc1ccc(-c2cc(C(=O)Nc3c(C)cc(C)cc3C)[nH]n2)cc1. The molecule has 3 rings (SSSR count). The van der Waals surface area contributed by atoms with Crippen LogP contribution in [0.5, 0.6) is 5.75 Å². The van der Waals surface area contributed by atoms with E-state index >= 15 is 0 Å². The average Bonchev–Trinajstić information content (AvgIpc) is 3.09. The highest BCUT2D eigenvalue weighted by Crippen LogP contribution is 2.24. The Morgan fingerprint density at radius 2 is 1.73 bits per heavy atom. The second-order valence-corrected chi connectivity index (χ2v) is 6.35. The smallest absolute Gasteiger partial charge is 0.273 e. The lowest BCUT2D eigenvalue weighted by Crippen LogP contribution is -2.14. The Kier molecular flexibility index (Phi) is 5.07. The molecule has 1 heterocycles. The van der Waals surface area contributed by atoms with Gasteiger partial charge in [-0.05, 0) is 69.2 Å². The molecular formula is C21H23N3O2. The third-order valence-corrected chi connectivity index (χ3v) is 4.20. The van der Waals surface area contributed by atoms with Crippen LogP contribution in [0, 0.1) is 20.8 Å². The van der Waals surface area contributed by atoms with Crippen molar-refractivity contribution >= 4 is 11.6 Å². The molecule has 0 aliphatic heterocycles. The fraction of sp³-hybridized carbons (Fsp3) is 0.238. The van der Waals surface area contributed by atoms with Crippen molar-refractivity contribution in [1.82, 2.24) is 10.2 Å². The Hall–Kier alpha value is -3.08. The number of carbonyl (C=O) groups excluding carboxylic acids is 1. The summed E-state index contributed by atoms with van der Waals surface area (Å²) in [4.78, 5) is 12.6. The van der Waals surface area contributed by atoms with E-state index in [4.69, 9.17) is 4.74 Å². The van der Waals surface area contributed by atoms with Crippen molar-refractivity contribution < 1.29 is 9.53 Å². The minimum absolute atomic E-state index is 0.204. The number of hydrogen-bond donors (Lipinski definition) is 2. The molecule has 134 valence electrons. The van der Waals surface area contributed by atoms with E-state index in [0.717, 1.165) is 33.8 Å². The molecule has 3 aromatic rings. The lowest BCUT2D eigenvalue weighted by Gasteiger charge is -2.12. The molecule has 0 saturated heterocycles. The van der Waals surface area contributed by atoms with Gasteiger partial charge in [0.15, 0.2) is 0 Å². The van der Waals surface area contributed by atoms with Gasteiger partial charge in [-0.1, -0.05) is 17.7 Å². The molecule has 1 aromatic heterocycles. The number of benzene rings is 2. The lowest BCUT2D eigenvalue weighted by atomic mass is 10.0. The van der Waals surface area contributed by atoms with Crippen molar-refractivity contribution in [1.29, 1.82) is 0 Å². The summed E-state index contributed by atoms with van der Waals surface area (Å²) < 4.78 is 5.44. The number of aryl methyl sites for hydroxylation is 3. The fourth-order valence-electron chi connectivity index (χ4n) is 3.03. The zero-order valence-corrected chi connectivity index (χ0v) is 15.5. The molecule has 0 bridgehead atoms. The molecule has 0 radical (unpaired) electrons. The second kappa shape index (κ2) is 7.44. The molecule has 0 atom stereocenters. The number of carbonyl (C=O) groups is 1. The van der Waals surface area contributed by atoms with Gasteiger partial charge in [-0.2, -0.15) is 5.10 Å². The topological polar surface area (TPSA) is 67.0 Å². The monoisotopic (exact) mass is 349 g/mol. The minimum Gasteiger partial charge on any atom is -0.494 e. The first-order valence-corrected chi connectivity index (χ1v) is 8.65. The van der Waals surface area contributed by atoms with Crippen LogP contribution in [0.15, 0.2) is 42.5 Å². The molecule has 0 aliphatic rings. The van der Waals surface area contributed by atoms with Gasteiger partial charge in [0.25, 0.3) is 5.91 Å².